The SMILES string of the molecule is Cc1cc(N2CCN(C(=O)NCc3ccc(Cl)cc3)CC2)no1. The van der Waals surface area contributed by atoms with Crippen molar-refractivity contribution in [3.05, 3.63) is 46.7 Å². The lowest BCUT2D eigenvalue weighted by atomic mass is 10.2. The number of nitrogens with zero attached hydrogens (tertiary/aromatic N) is 3. The maximum absolute atomic E-state index is 12.2. The zero-order chi connectivity index (χ0) is 16.2. The molecule has 1 aliphatic rings. The van der Waals surface area contributed by atoms with Gasteiger partial charge in [0.25, 0.3) is 0 Å². The van der Waals surface area contributed by atoms with Gasteiger partial charge in [-0.1, -0.05) is 28.9 Å². The molecule has 0 atom stereocenters. The summed E-state index contributed by atoms with van der Waals surface area (Å²) in [5.74, 6) is 1.63. The fourth-order valence-corrected chi connectivity index (χ4v) is 2.66. The number of halogens is 1. The third kappa shape index (κ3) is 3.96. The van der Waals surface area contributed by atoms with Crippen molar-refractivity contribution in [2.75, 3.05) is 31.1 Å². The lowest BCUT2D eigenvalue weighted by Gasteiger charge is -2.34. The van der Waals surface area contributed by atoms with Crippen LogP contribution in [0.15, 0.2) is 34.9 Å². The molecular formula is C16H19ClN4O2. The van der Waals surface area contributed by atoms with E-state index >= 15 is 0 Å². The van der Waals surface area contributed by atoms with Crippen molar-refractivity contribution in [2.45, 2.75) is 13.5 Å². The van der Waals surface area contributed by atoms with Crippen LogP contribution in [0.1, 0.15) is 11.3 Å². The molecule has 7 heteroatoms. The topological polar surface area (TPSA) is 61.6 Å². The van der Waals surface area contributed by atoms with Gasteiger partial charge in [-0.3, -0.25) is 0 Å². The van der Waals surface area contributed by atoms with Crippen LogP contribution in [-0.2, 0) is 6.54 Å². The van der Waals surface area contributed by atoms with Crippen molar-refractivity contribution in [1.82, 2.24) is 15.4 Å². The second-order valence-corrected chi connectivity index (χ2v) is 5.99. The van der Waals surface area contributed by atoms with E-state index in [0.29, 0.717) is 24.7 Å². The van der Waals surface area contributed by atoms with Crippen molar-refractivity contribution < 1.29 is 9.32 Å². The molecule has 0 bridgehead atoms. The van der Waals surface area contributed by atoms with Gasteiger partial charge in [0, 0.05) is 43.8 Å². The van der Waals surface area contributed by atoms with Crippen LogP contribution in [0.5, 0.6) is 0 Å². The van der Waals surface area contributed by atoms with Crippen LogP contribution < -0.4 is 10.2 Å². The molecule has 23 heavy (non-hydrogen) atoms. The maximum atomic E-state index is 12.2. The Kier molecular flexibility index (Phi) is 4.71. The zero-order valence-electron chi connectivity index (χ0n) is 13.0. The number of rotatable bonds is 3. The van der Waals surface area contributed by atoms with E-state index in [1.807, 2.05) is 42.2 Å². The number of benzene rings is 1. The highest BCUT2D eigenvalue weighted by Crippen LogP contribution is 2.16. The van der Waals surface area contributed by atoms with Crippen molar-refractivity contribution in [2.24, 2.45) is 0 Å². The van der Waals surface area contributed by atoms with E-state index in [9.17, 15) is 4.79 Å². The highest BCUT2D eigenvalue weighted by molar-refractivity contribution is 6.30. The summed E-state index contributed by atoms with van der Waals surface area (Å²) in [5.41, 5.74) is 1.03. The number of nitrogens with one attached hydrogen (secondary N) is 1. The Morgan fingerprint density at radius 2 is 1.96 bits per heavy atom. The standard InChI is InChI=1S/C16H19ClN4O2/c1-12-10-15(19-23-12)20-6-8-21(9-7-20)16(22)18-11-13-2-4-14(17)5-3-13/h2-5,10H,6-9,11H2,1H3,(H,18,22). The van der Waals surface area contributed by atoms with Crippen LogP contribution >= 0.6 is 11.6 Å². The molecule has 6 nitrogen and oxygen atoms in total. The van der Waals surface area contributed by atoms with E-state index < -0.39 is 0 Å². The number of anilines is 1. The van der Waals surface area contributed by atoms with Gasteiger partial charge in [0.05, 0.1) is 0 Å². The van der Waals surface area contributed by atoms with E-state index in [4.69, 9.17) is 16.1 Å². The first kappa shape index (κ1) is 15.7. The fraction of sp³-hybridized carbons (Fsp3) is 0.375. The van der Waals surface area contributed by atoms with Crippen LogP contribution in [0.3, 0.4) is 0 Å². The van der Waals surface area contributed by atoms with Gasteiger partial charge in [0.2, 0.25) is 0 Å². The molecule has 2 aromatic rings. The minimum absolute atomic E-state index is 0.0454. The van der Waals surface area contributed by atoms with Crippen LogP contribution in [0.4, 0.5) is 10.6 Å². The first-order valence-electron chi connectivity index (χ1n) is 7.57. The largest absolute Gasteiger partial charge is 0.360 e. The van der Waals surface area contributed by atoms with Gasteiger partial charge in [-0.05, 0) is 24.6 Å². The highest BCUT2D eigenvalue weighted by Gasteiger charge is 2.22. The second kappa shape index (κ2) is 6.91. The lowest BCUT2D eigenvalue weighted by Crippen LogP contribution is -2.51. The van der Waals surface area contributed by atoms with Crippen molar-refractivity contribution >= 4 is 23.4 Å². The number of aryl methyl sites for hydroxylation is 1. The number of hydrogen-bond donors (Lipinski definition) is 1. The summed E-state index contributed by atoms with van der Waals surface area (Å²) in [4.78, 5) is 16.2. The summed E-state index contributed by atoms with van der Waals surface area (Å²) in [5, 5.41) is 7.65. The molecule has 1 N–H and O–H groups in total. The van der Waals surface area contributed by atoms with Gasteiger partial charge in [-0.2, -0.15) is 0 Å². The average Bonchev–Trinajstić information content (AvgIpc) is 3.01. The van der Waals surface area contributed by atoms with Gasteiger partial charge in [-0.15, -0.1) is 0 Å². The molecular weight excluding hydrogens is 316 g/mol. The Balaban J connectivity index is 1.47. The second-order valence-electron chi connectivity index (χ2n) is 5.56. The number of piperazine rings is 1. The number of amides is 2. The molecule has 1 saturated heterocycles. The van der Waals surface area contributed by atoms with Crippen LogP contribution in [-0.4, -0.2) is 42.3 Å². The first-order valence-corrected chi connectivity index (χ1v) is 7.95. The molecule has 3 rings (SSSR count). The van der Waals surface area contributed by atoms with E-state index in [-0.39, 0.29) is 6.03 Å². The molecule has 2 heterocycles. The van der Waals surface area contributed by atoms with E-state index in [2.05, 4.69) is 15.4 Å². The first-order chi connectivity index (χ1) is 11.1. The number of aromatic nitrogens is 1. The maximum Gasteiger partial charge on any atom is 0.317 e. The number of urea groups is 1. The van der Waals surface area contributed by atoms with E-state index in [0.717, 1.165) is 30.2 Å². The minimum Gasteiger partial charge on any atom is -0.360 e. The molecule has 2 amide bonds. The number of carbonyl (C=O) groups is 1. The van der Waals surface area contributed by atoms with Gasteiger partial charge >= 0.3 is 6.03 Å². The van der Waals surface area contributed by atoms with Crippen LogP contribution in [0.25, 0.3) is 0 Å². The summed E-state index contributed by atoms with van der Waals surface area (Å²) in [6.07, 6.45) is 0. The van der Waals surface area contributed by atoms with Gasteiger partial charge in [0.1, 0.15) is 5.76 Å². The summed E-state index contributed by atoms with van der Waals surface area (Å²) in [6.45, 7) is 5.20. The quantitative estimate of drug-likeness (QED) is 0.937. The summed E-state index contributed by atoms with van der Waals surface area (Å²) < 4.78 is 5.09. The normalized spacial score (nSPS) is 14.9. The zero-order valence-corrected chi connectivity index (χ0v) is 13.7. The van der Waals surface area contributed by atoms with E-state index in [1.165, 1.54) is 0 Å². The number of hydrogen-bond acceptors (Lipinski definition) is 4. The lowest BCUT2D eigenvalue weighted by molar-refractivity contribution is 0.193. The van der Waals surface area contributed by atoms with Gasteiger partial charge in [-0.25, -0.2) is 4.79 Å². The monoisotopic (exact) mass is 334 g/mol. The van der Waals surface area contributed by atoms with Crippen molar-refractivity contribution in [3.63, 3.8) is 0 Å². The Bertz CT molecular complexity index is 663. The molecule has 1 aliphatic heterocycles. The summed E-state index contributed by atoms with van der Waals surface area (Å²) >= 11 is 5.85. The van der Waals surface area contributed by atoms with Crippen molar-refractivity contribution in [1.29, 1.82) is 0 Å². The molecule has 1 aromatic carbocycles. The Morgan fingerprint density at radius 1 is 1.26 bits per heavy atom. The molecule has 0 spiro atoms. The fourth-order valence-electron chi connectivity index (χ4n) is 2.53. The Morgan fingerprint density at radius 3 is 2.57 bits per heavy atom. The van der Waals surface area contributed by atoms with Crippen LogP contribution in [0, 0.1) is 6.92 Å². The third-order valence-electron chi connectivity index (χ3n) is 3.86. The number of carbonyl (C=O) groups excluding carboxylic acids is 1. The summed E-state index contributed by atoms with van der Waals surface area (Å²) in [6, 6.07) is 9.33. The molecule has 1 aromatic heterocycles. The molecule has 122 valence electrons. The van der Waals surface area contributed by atoms with Gasteiger partial charge in [0.15, 0.2) is 5.82 Å². The van der Waals surface area contributed by atoms with Crippen LogP contribution in [0.2, 0.25) is 5.02 Å². The Hall–Kier alpha value is -2.21. The average molecular weight is 335 g/mol. The Labute approximate surface area is 140 Å². The minimum atomic E-state index is -0.0454. The third-order valence-corrected chi connectivity index (χ3v) is 4.12. The van der Waals surface area contributed by atoms with Crippen molar-refractivity contribution in [3.8, 4) is 0 Å². The molecule has 0 aliphatic carbocycles. The van der Waals surface area contributed by atoms with E-state index in [1.54, 1.807) is 0 Å². The molecule has 0 saturated carbocycles. The molecule has 0 unspecified atom stereocenters. The molecule has 0 radical (unpaired) electrons. The van der Waals surface area contributed by atoms with Gasteiger partial charge < -0.3 is 19.6 Å². The predicted molar refractivity (Wildman–Crippen MR) is 88.7 cm³/mol. The summed E-state index contributed by atoms with van der Waals surface area (Å²) in [7, 11) is 0. The smallest absolute Gasteiger partial charge is 0.317 e. The highest BCUT2D eigenvalue weighted by atomic mass is 35.5. The predicted octanol–water partition coefficient (Wildman–Crippen LogP) is 2.67. The molecule has 1 fully saturated rings.